The number of benzene rings is 3. The standard InChI is InChI=1S/C22H14BrClN2O3/c1-12-10-14(25-20(27)16-4-2-3-5-18(16)23)7-9-19(12)26-21(28)15-8-6-13(24)11-17(15)22(26)29/h2-11H,1H3,(H,25,27). The monoisotopic (exact) mass is 468 g/mol. The Labute approximate surface area is 180 Å². The van der Waals surface area contributed by atoms with E-state index in [0.717, 1.165) is 4.90 Å². The van der Waals surface area contributed by atoms with E-state index in [2.05, 4.69) is 21.2 Å². The lowest BCUT2D eigenvalue weighted by Crippen LogP contribution is -2.30. The Morgan fingerprint density at radius 2 is 1.69 bits per heavy atom. The predicted octanol–water partition coefficient (Wildman–Crippen LogP) is 5.46. The average Bonchev–Trinajstić information content (AvgIpc) is 2.92. The van der Waals surface area contributed by atoms with Crippen molar-refractivity contribution >= 4 is 56.6 Å². The molecule has 0 aliphatic carbocycles. The summed E-state index contributed by atoms with van der Waals surface area (Å²) < 4.78 is 0.690. The fraction of sp³-hybridized carbons (Fsp3) is 0.0455. The molecule has 0 bridgehead atoms. The van der Waals surface area contributed by atoms with Crippen molar-refractivity contribution in [2.75, 3.05) is 10.2 Å². The van der Waals surface area contributed by atoms with Gasteiger partial charge in [-0.25, -0.2) is 4.90 Å². The van der Waals surface area contributed by atoms with Crippen LogP contribution in [0.1, 0.15) is 36.6 Å². The minimum absolute atomic E-state index is 0.264. The maximum Gasteiger partial charge on any atom is 0.266 e. The lowest BCUT2D eigenvalue weighted by atomic mass is 10.1. The molecule has 0 fully saturated rings. The number of anilines is 2. The lowest BCUT2D eigenvalue weighted by molar-refractivity contribution is 0.0924. The zero-order valence-electron chi connectivity index (χ0n) is 15.2. The molecule has 3 amide bonds. The summed E-state index contributed by atoms with van der Waals surface area (Å²) in [5, 5.41) is 3.23. The van der Waals surface area contributed by atoms with Crippen LogP contribution in [0.2, 0.25) is 5.02 Å². The maximum atomic E-state index is 12.8. The van der Waals surface area contributed by atoms with Gasteiger partial charge in [0.05, 0.1) is 22.4 Å². The van der Waals surface area contributed by atoms with E-state index in [9.17, 15) is 14.4 Å². The Morgan fingerprint density at radius 3 is 2.41 bits per heavy atom. The molecule has 0 saturated carbocycles. The number of rotatable bonds is 3. The molecule has 1 aliphatic heterocycles. The highest BCUT2D eigenvalue weighted by molar-refractivity contribution is 9.10. The minimum Gasteiger partial charge on any atom is -0.322 e. The van der Waals surface area contributed by atoms with Crippen LogP contribution in [0.15, 0.2) is 65.1 Å². The van der Waals surface area contributed by atoms with Gasteiger partial charge < -0.3 is 5.32 Å². The van der Waals surface area contributed by atoms with Gasteiger partial charge in [0, 0.05) is 15.2 Å². The second-order valence-corrected chi connectivity index (χ2v) is 7.86. The fourth-order valence-corrected chi connectivity index (χ4v) is 3.90. The molecule has 3 aromatic rings. The van der Waals surface area contributed by atoms with Gasteiger partial charge in [-0.2, -0.15) is 0 Å². The second-order valence-electron chi connectivity index (χ2n) is 6.57. The van der Waals surface area contributed by atoms with Crippen LogP contribution in [0.3, 0.4) is 0 Å². The average molecular weight is 470 g/mol. The minimum atomic E-state index is -0.416. The first kappa shape index (κ1) is 19.4. The molecule has 0 atom stereocenters. The summed E-state index contributed by atoms with van der Waals surface area (Å²) in [5.74, 6) is -1.07. The third-order valence-electron chi connectivity index (χ3n) is 4.66. The van der Waals surface area contributed by atoms with E-state index in [1.165, 1.54) is 6.07 Å². The Bertz CT molecular complexity index is 1190. The normalized spacial score (nSPS) is 12.9. The molecular formula is C22H14BrClN2O3. The largest absolute Gasteiger partial charge is 0.322 e. The highest BCUT2D eigenvalue weighted by Gasteiger charge is 2.37. The summed E-state index contributed by atoms with van der Waals surface area (Å²) in [6.45, 7) is 1.78. The second kappa shape index (κ2) is 7.46. The number of nitrogens with one attached hydrogen (secondary N) is 1. The molecule has 5 nitrogen and oxygen atoms in total. The number of carbonyl (C=O) groups excluding carboxylic acids is 3. The molecule has 0 radical (unpaired) electrons. The third kappa shape index (κ3) is 3.45. The summed E-state index contributed by atoms with van der Waals surface area (Å²) in [6.07, 6.45) is 0. The molecular weight excluding hydrogens is 456 g/mol. The van der Waals surface area contributed by atoms with E-state index in [4.69, 9.17) is 11.6 Å². The smallest absolute Gasteiger partial charge is 0.266 e. The molecule has 29 heavy (non-hydrogen) atoms. The fourth-order valence-electron chi connectivity index (χ4n) is 3.26. The number of hydrogen-bond acceptors (Lipinski definition) is 3. The van der Waals surface area contributed by atoms with E-state index >= 15 is 0 Å². The molecule has 3 aromatic carbocycles. The zero-order valence-corrected chi connectivity index (χ0v) is 17.5. The molecule has 1 heterocycles. The Morgan fingerprint density at radius 1 is 0.966 bits per heavy atom. The number of imide groups is 1. The van der Waals surface area contributed by atoms with Gasteiger partial charge in [-0.3, -0.25) is 14.4 Å². The molecule has 0 aromatic heterocycles. The van der Waals surface area contributed by atoms with Crippen LogP contribution < -0.4 is 10.2 Å². The Hall–Kier alpha value is -2.96. The van der Waals surface area contributed by atoms with Crippen molar-refractivity contribution in [1.29, 1.82) is 0 Å². The zero-order chi connectivity index (χ0) is 20.7. The first-order valence-corrected chi connectivity index (χ1v) is 9.89. The predicted molar refractivity (Wildman–Crippen MR) is 116 cm³/mol. The number of carbonyl (C=O) groups is 3. The van der Waals surface area contributed by atoms with Crippen molar-refractivity contribution in [1.82, 2.24) is 0 Å². The number of hydrogen-bond donors (Lipinski definition) is 1. The van der Waals surface area contributed by atoms with Gasteiger partial charge in [-0.05, 0) is 76.9 Å². The quantitative estimate of drug-likeness (QED) is 0.518. The van der Waals surface area contributed by atoms with Crippen LogP contribution >= 0.6 is 27.5 Å². The number of fused-ring (bicyclic) bond motifs is 1. The number of nitrogens with zero attached hydrogens (tertiary/aromatic N) is 1. The number of halogens is 2. The first-order chi connectivity index (χ1) is 13.9. The van der Waals surface area contributed by atoms with Gasteiger partial charge in [0.15, 0.2) is 0 Å². The van der Waals surface area contributed by atoms with Gasteiger partial charge in [0.2, 0.25) is 0 Å². The lowest BCUT2D eigenvalue weighted by Gasteiger charge is -2.18. The molecule has 4 rings (SSSR count). The Kier molecular flexibility index (Phi) is 4.98. The van der Waals surface area contributed by atoms with Gasteiger partial charge in [-0.1, -0.05) is 23.7 Å². The number of aryl methyl sites for hydroxylation is 1. The van der Waals surface area contributed by atoms with Crippen LogP contribution in [-0.2, 0) is 0 Å². The summed E-state index contributed by atoms with van der Waals surface area (Å²) in [7, 11) is 0. The third-order valence-corrected chi connectivity index (χ3v) is 5.59. The first-order valence-electron chi connectivity index (χ1n) is 8.71. The van der Waals surface area contributed by atoms with E-state index < -0.39 is 11.8 Å². The molecule has 1 aliphatic rings. The van der Waals surface area contributed by atoms with Crippen LogP contribution in [0.5, 0.6) is 0 Å². The van der Waals surface area contributed by atoms with Gasteiger partial charge >= 0.3 is 0 Å². The Balaban J connectivity index is 1.62. The molecule has 7 heteroatoms. The summed E-state index contributed by atoms with van der Waals surface area (Å²) in [5.41, 5.74) is 2.82. The van der Waals surface area contributed by atoms with E-state index in [-0.39, 0.29) is 11.5 Å². The molecule has 0 spiro atoms. The molecule has 0 saturated heterocycles. The van der Waals surface area contributed by atoms with Crippen LogP contribution in [0.25, 0.3) is 0 Å². The van der Waals surface area contributed by atoms with Crippen LogP contribution in [-0.4, -0.2) is 17.7 Å². The molecule has 0 unspecified atom stereocenters. The van der Waals surface area contributed by atoms with Gasteiger partial charge in [-0.15, -0.1) is 0 Å². The van der Waals surface area contributed by atoms with Crippen molar-refractivity contribution < 1.29 is 14.4 Å². The van der Waals surface area contributed by atoms with Gasteiger partial charge in [0.1, 0.15) is 0 Å². The van der Waals surface area contributed by atoms with E-state index in [0.29, 0.717) is 37.6 Å². The van der Waals surface area contributed by atoms with Gasteiger partial charge in [0.25, 0.3) is 17.7 Å². The summed E-state index contributed by atoms with van der Waals surface area (Å²) in [4.78, 5) is 39.1. The van der Waals surface area contributed by atoms with E-state index in [1.54, 1.807) is 55.5 Å². The SMILES string of the molecule is Cc1cc(NC(=O)c2ccccc2Br)ccc1N1C(=O)c2ccc(Cl)cc2C1=O. The van der Waals surface area contributed by atoms with E-state index in [1.807, 2.05) is 6.07 Å². The van der Waals surface area contributed by atoms with Crippen molar-refractivity contribution in [3.8, 4) is 0 Å². The van der Waals surface area contributed by atoms with Crippen molar-refractivity contribution in [2.45, 2.75) is 6.92 Å². The highest BCUT2D eigenvalue weighted by Crippen LogP contribution is 2.33. The van der Waals surface area contributed by atoms with Crippen molar-refractivity contribution in [3.05, 3.63) is 92.4 Å². The van der Waals surface area contributed by atoms with Crippen LogP contribution in [0.4, 0.5) is 11.4 Å². The highest BCUT2D eigenvalue weighted by atomic mass is 79.9. The molecule has 1 N–H and O–H groups in total. The van der Waals surface area contributed by atoms with Crippen LogP contribution in [0, 0.1) is 6.92 Å². The number of amides is 3. The summed E-state index contributed by atoms with van der Waals surface area (Å²) in [6, 6.07) is 16.8. The maximum absolute atomic E-state index is 12.8. The topological polar surface area (TPSA) is 66.5 Å². The van der Waals surface area contributed by atoms with Crippen molar-refractivity contribution in [3.63, 3.8) is 0 Å². The molecule has 144 valence electrons. The summed E-state index contributed by atoms with van der Waals surface area (Å²) >= 11 is 9.33. The van der Waals surface area contributed by atoms with Crippen molar-refractivity contribution in [2.24, 2.45) is 0 Å².